The second kappa shape index (κ2) is 5.51. The fraction of sp³-hybridized carbons (Fsp3) is 0.571. The molecule has 1 aromatic carbocycles. The van der Waals surface area contributed by atoms with Gasteiger partial charge < -0.3 is 16.2 Å². The van der Waals surface area contributed by atoms with Crippen molar-refractivity contribution in [3.8, 4) is 5.75 Å². The first-order valence-corrected chi connectivity index (χ1v) is 7.71. The van der Waals surface area contributed by atoms with E-state index in [-0.39, 0.29) is 6.23 Å². The molecule has 0 bridgehead atoms. The second-order valence-corrected chi connectivity index (χ2v) is 5.87. The van der Waals surface area contributed by atoms with Gasteiger partial charge in [-0.15, -0.1) is 11.8 Å². The van der Waals surface area contributed by atoms with Crippen molar-refractivity contribution in [2.45, 2.75) is 38.8 Å². The molecule has 0 saturated heterocycles. The van der Waals surface area contributed by atoms with Crippen LogP contribution < -0.4 is 16.2 Å². The number of nitrogen functional groups attached to an aromatic ring is 2. The molecule has 0 saturated carbocycles. The fourth-order valence-corrected chi connectivity index (χ4v) is 3.57. The Labute approximate surface area is 119 Å². The number of nitrogens with two attached hydrogens (primary N) is 2. The monoisotopic (exact) mass is 281 g/mol. The summed E-state index contributed by atoms with van der Waals surface area (Å²) < 4.78 is 6.12. The summed E-state index contributed by atoms with van der Waals surface area (Å²) in [5.41, 5.74) is 16.0. The summed E-state index contributed by atoms with van der Waals surface area (Å²) in [5.74, 6) is 1.66. The minimum atomic E-state index is 0.0799. The summed E-state index contributed by atoms with van der Waals surface area (Å²) in [4.78, 5) is 3.30. The van der Waals surface area contributed by atoms with E-state index in [4.69, 9.17) is 16.2 Å². The highest BCUT2D eigenvalue weighted by Crippen LogP contribution is 2.47. The van der Waals surface area contributed by atoms with Crippen molar-refractivity contribution in [3.63, 3.8) is 0 Å². The average Bonchev–Trinajstić information content (AvgIpc) is 2.44. The highest BCUT2D eigenvalue weighted by atomic mass is 32.2. The normalized spacial score (nSPS) is 18.3. The summed E-state index contributed by atoms with van der Waals surface area (Å²) in [6.07, 6.45) is 0.0799. The first kappa shape index (κ1) is 14.3. The number of hydrogen-bond acceptors (Lipinski definition) is 5. The van der Waals surface area contributed by atoms with E-state index in [1.54, 1.807) is 11.8 Å². The number of rotatable bonds is 3. The molecule has 0 spiro atoms. The number of ether oxygens (including phenoxy) is 1. The summed E-state index contributed by atoms with van der Waals surface area (Å²) in [5, 5.41) is 0. The van der Waals surface area contributed by atoms with E-state index in [0.29, 0.717) is 0 Å². The van der Waals surface area contributed by atoms with Crippen molar-refractivity contribution in [1.82, 2.24) is 4.90 Å². The lowest BCUT2D eigenvalue weighted by atomic mass is 10.1. The third-order valence-electron chi connectivity index (χ3n) is 3.91. The van der Waals surface area contributed by atoms with Crippen LogP contribution in [0.2, 0.25) is 0 Å². The molecule has 1 atom stereocenters. The third-order valence-corrected chi connectivity index (χ3v) is 5.06. The molecule has 1 aliphatic rings. The SMILES string of the molecule is CCN(CC)C1CSc2c(N)c(C)c(C)c(N)c2O1. The van der Waals surface area contributed by atoms with Crippen LogP contribution in [-0.2, 0) is 0 Å². The molecule has 0 aromatic heterocycles. The summed E-state index contributed by atoms with van der Waals surface area (Å²) in [6, 6.07) is 0. The molecule has 1 aromatic rings. The second-order valence-electron chi connectivity index (χ2n) is 4.84. The number of hydrogen-bond donors (Lipinski definition) is 2. The van der Waals surface area contributed by atoms with Gasteiger partial charge in [-0.2, -0.15) is 0 Å². The molecular weight excluding hydrogens is 258 g/mol. The van der Waals surface area contributed by atoms with Crippen LogP contribution in [0.15, 0.2) is 4.90 Å². The molecule has 106 valence electrons. The molecule has 0 fully saturated rings. The van der Waals surface area contributed by atoms with Gasteiger partial charge in [0.1, 0.15) is 0 Å². The van der Waals surface area contributed by atoms with E-state index < -0.39 is 0 Å². The number of fused-ring (bicyclic) bond motifs is 1. The van der Waals surface area contributed by atoms with Gasteiger partial charge in [-0.25, -0.2) is 0 Å². The zero-order chi connectivity index (χ0) is 14.2. The van der Waals surface area contributed by atoms with Gasteiger partial charge in [-0.3, -0.25) is 4.90 Å². The van der Waals surface area contributed by atoms with Crippen molar-refractivity contribution < 1.29 is 4.74 Å². The highest BCUT2D eigenvalue weighted by Gasteiger charge is 2.29. The Balaban J connectivity index is 2.40. The van der Waals surface area contributed by atoms with E-state index >= 15 is 0 Å². The van der Waals surface area contributed by atoms with Crippen molar-refractivity contribution in [2.75, 3.05) is 30.3 Å². The maximum absolute atomic E-state index is 6.21. The lowest BCUT2D eigenvalue weighted by molar-refractivity contribution is 0.0474. The Bertz CT molecular complexity index is 486. The largest absolute Gasteiger partial charge is 0.471 e. The topological polar surface area (TPSA) is 64.5 Å². The van der Waals surface area contributed by atoms with Crippen LogP contribution in [0.4, 0.5) is 11.4 Å². The summed E-state index contributed by atoms with van der Waals surface area (Å²) in [6.45, 7) is 10.2. The smallest absolute Gasteiger partial charge is 0.162 e. The highest BCUT2D eigenvalue weighted by molar-refractivity contribution is 7.99. The Hall–Kier alpha value is -1.07. The predicted octanol–water partition coefficient (Wildman–Crippen LogP) is 2.62. The summed E-state index contributed by atoms with van der Waals surface area (Å²) >= 11 is 1.75. The van der Waals surface area contributed by atoms with Gasteiger partial charge >= 0.3 is 0 Å². The molecule has 5 heteroatoms. The van der Waals surface area contributed by atoms with Crippen LogP contribution in [0.25, 0.3) is 0 Å². The Morgan fingerprint density at radius 2 is 1.74 bits per heavy atom. The zero-order valence-corrected chi connectivity index (χ0v) is 12.9. The van der Waals surface area contributed by atoms with Gasteiger partial charge in [0.25, 0.3) is 0 Å². The molecule has 2 rings (SSSR count). The maximum Gasteiger partial charge on any atom is 0.162 e. The van der Waals surface area contributed by atoms with E-state index in [1.807, 2.05) is 13.8 Å². The average molecular weight is 281 g/mol. The van der Waals surface area contributed by atoms with Crippen LogP contribution in [0.3, 0.4) is 0 Å². The van der Waals surface area contributed by atoms with Crippen LogP contribution >= 0.6 is 11.8 Å². The van der Waals surface area contributed by atoms with E-state index in [2.05, 4.69) is 18.7 Å². The molecule has 19 heavy (non-hydrogen) atoms. The molecule has 0 radical (unpaired) electrons. The Morgan fingerprint density at radius 1 is 1.16 bits per heavy atom. The summed E-state index contributed by atoms with van der Waals surface area (Å²) in [7, 11) is 0. The molecule has 4 nitrogen and oxygen atoms in total. The molecule has 0 aliphatic carbocycles. The first-order valence-electron chi connectivity index (χ1n) is 6.72. The van der Waals surface area contributed by atoms with Crippen LogP contribution in [-0.4, -0.2) is 30.0 Å². The lowest BCUT2D eigenvalue weighted by Gasteiger charge is -2.35. The van der Waals surface area contributed by atoms with Crippen molar-refractivity contribution in [1.29, 1.82) is 0 Å². The van der Waals surface area contributed by atoms with Crippen LogP contribution in [0, 0.1) is 13.8 Å². The lowest BCUT2D eigenvalue weighted by Crippen LogP contribution is -2.42. The standard InChI is InChI=1S/C14H23N3OS/c1-5-17(6-2)10-7-19-14-12(16)9(4)8(3)11(15)13(14)18-10/h10H,5-7,15-16H2,1-4H3. The zero-order valence-electron chi connectivity index (χ0n) is 12.1. The van der Waals surface area contributed by atoms with Crippen LogP contribution in [0.5, 0.6) is 5.75 Å². The van der Waals surface area contributed by atoms with Crippen LogP contribution in [0.1, 0.15) is 25.0 Å². The van der Waals surface area contributed by atoms with Gasteiger partial charge in [0.2, 0.25) is 0 Å². The quantitative estimate of drug-likeness (QED) is 0.834. The fourth-order valence-electron chi connectivity index (χ4n) is 2.39. The number of thioether (sulfide) groups is 1. The number of anilines is 2. The van der Waals surface area contributed by atoms with Gasteiger partial charge in [0.05, 0.1) is 16.3 Å². The Morgan fingerprint density at radius 3 is 2.32 bits per heavy atom. The third kappa shape index (κ3) is 2.37. The first-order chi connectivity index (χ1) is 9.01. The molecule has 0 amide bonds. The van der Waals surface area contributed by atoms with E-state index in [0.717, 1.165) is 52.0 Å². The van der Waals surface area contributed by atoms with Gasteiger partial charge in [0, 0.05) is 5.75 Å². The number of benzene rings is 1. The molecule has 1 heterocycles. The number of nitrogens with zero attached hydrogens (tertiary/aromatic N) is 1. The van der Waals surface area contributed by atoms with Crippen molar-refractivity contribution >= 4 is 23.1 Å². The van der Waals surface area contributed by atoms with Gasteiger partial charge in [-0.05, 0) is 38.1 Å². The maximum atomic E-state index is 6.21. The van der Waals surface area contributed by atoms with Gasteiger partial charge in [0.15, 0.2) is 12.0 Å². The Kier molecular flexibility index (Phi) is 4.16. The molecule has 1 unspecified atom stereocenters. The van der Waals surface area contributed by atoms with Crippen molar-refractivity contribution in [2.24, 2.45) is 0 Å². The minimum absolute atomic E-state index is 0.0799. The van der Waals surface area contributed by atoms with Crippen molar-refractivity contribution in [3.05, 3.63) is 11.1 Å². The molecule has 4 N–H and O–H groups in total. The van der Waals surface area contributed by atoms with E-state index in [9.17, 15) is 0 Å². The predicted molar refractivity (Wildman–Crippen MR) is 82.8 cm³/mol. The van der Waals surface area contributed by atoms with E-state index in [1.165, 1.54) is 0 Å². The van der Waals surface area contributed by atoms with Gasteiger partial charge in [-0.1, -0.05) is 13.8 Å². The molecule has 1 aliphatic heterocycles. The molecular formula is C14H23N3OS. The minimum Gasteiger partial charge on any atom is -0.471 e.